The molecule has 9 heteroatoms. The van der Waals surface area contributed by atoms with Gasteiger partial charge < -0.3 is 11.1 Å². The van der Waals surface area contributed by atoms with Crippen LogP contribution in [0.25, 0.3) is 5.69 Å². The van der Waals surface area contributed by atoms with Crippen LogP contribution in [-0.2, 0) is 10.2 Å². The van der Waals surface area contributed by atoms with Crippen LogP contribution in [0.3, 0.4) is 0 Å². The number of hydrogen-bond donors (Lipinski definition) is 2. The third kappa shape index (κ3) is 3.21. The number of tetrazole rings is 1. The van der Waals surface area contributed by atoms with E-state index in [-0.39, 0.29) is 11.7 Å². The number of benzene rings is 1. The van der Waals surface area contributed by atoms with Gasteiger partial charge in [-0.05, 0) is 53.8 Å². The van der Waals surface area contributed by atoms with Crippen molar-refractivity contribution in [2.24, 2.45) is 5.73 Å². The highest BCUT2D eigenvalue weighted by atomic mass is 32.1. The Bertz CT molecular complexity index is 958. The summed E-state index contributed by atoms with van der Waals surface area (Å²) >= 11 is 1.64. The number of anilines is 1. The van der Waals surface area contributed by atoms with Gasteiger partial charge in [-0.15, -0.1) is 26.3 Å². The van der Waals surface area contributed by atoms with Crippen molar-refractivity contribution in [3.8, 4) is 5.69 Å². The molecule has 0 bridgehead atoms. The normalized spacial score (nSPS) is 15.6. The number of rotatable bonds is 5. The van der Waals surface area contributed by atoms with Gasteiger partial charge in [0.05, 0.1) is 11.1 Å². The van der Waals surface area contributed by atoms with E-state index in [4.69, 9.17) is 5.73 Å². The highest BCUT2D eigenvalue weighted by Crippen LogP contribution is 2.43. The van der Waals surface area contributed by atoms with Crippen molar-refractivity contribution < 1.29 is 9.59 Å². The number of nitrogens with one attached hydrogen (secondary N) is 1. The Morgan fingerprint density at radius 2 is 1.89 bits per heavy atom. The first-order chi connectivity index (χ1) is 13.1. The van der Waals surface area contributed by atoms with Gasteiger partial charge in [0.15, 0.2) is 0 Å². The Kier molecular flexibility index (Phi) is 4.44. The van der Waals surface area contributed by atoms with Crippen LogP contribution in [0.1, 0.15) is 41.2 Å². The topological polar surface area (TPSA) is 116 Å². The first-order valence-corrected chi connectivity index (χ1v) is 9.52. The predicted octanol–water partition coefficient (Wildman–Crippen LogP) is 2.27. The summed E-state index contributed by atoms with van der Waals surface area (Å²) < 4.78 is 0. The number of primary amides is 1. The van der Waals surface area contributed by atoms with Crippen molar-refractivity contribution in [2.75, 3.05) is 5.32 Å². The minimum atomic E-state index is -0.736. The van der Waals surface area contributed by atoms with Gasteiger partial charge in [-0.3, -0.25) is 9.59 Å². The zero-order chi connectivity index (χ0) is 18.9. The monoisotopic (exact) mass is 382 g/mol. The molecule has 2 aromatic heterocycles. The molecular weight excluding hydrogens is 364 g/mol. The number of carbonyl (C=O) groups excluding carboxylic acids is 2. The third-order valence-corrected chi connectivity index (χ3v) is 5.95. The molecule has 1 fully saturated rings. The molecule has 0 radical (unpaired) electrons. The van der Waals surface area contributed by atoms with Crippen LogP contribution in [0.15, 0.2) is 41.8 Å². The Morgan fingerprint density at radius 1 is 1.15 bits per heavy atom. The van der Waals surface area contributed by atoms with Crippen molar-refractivity contribution in [1.29, 1.82) is 0 Å². The van der Waals surface area contributed by atoms with E-state index < -0.39 is 11.3 Å². The molecule has 0 atom stereocenters. The molecule has 1 aliphatic carbocycles. The summed E-state index contributed by atoms with van der Waals surface area (Å²) in [6.07, 6.45) is 3.86. The molecule has 2 amide bonds. The maximum Gasteiger partial charge on any atom is 0.290 e. The number of hydrogen-bond acceptors (Lipinski definition) is 6. The lowest BCUT2D eigenvalue weighted by Crippen LogP contribution is -2.37. The molecule has 1 aliphatic rings. The summed E-state index contributed by atoms with van der Waals surface area (Å²) in [6.45, 7) is 0. The predicted molar refractivity (Wildman–Crippen MR) is 101 cm³/mol. The number of carbonyl (C=O) groups is 2. The molecule has 0 saturated heterocycles. The lowest BCUT2D eigenvalue weighted by atomic mass is 9.83. The fourth-order valence-corrected chi connectivity index (χ4v) is 4.45. The Morgan fingerprint density at radius 3 is 2.48 bits per heavy atom. The van der Waals surface area contributed by atoms with E-state index >= 15 is 0 Å². The van der Waals surface area contributed by atoms with Crippen LogP contribution in [0.4, 0.5) is 5.69 Å². The van der Waals surface area contributed by atoms with Crippen LogP contribution < -0.4 is 11.1 Å². The van der Waals surface area contributed by atoms with Gasteiger partial charge in [0.1, 0.15) is 0 Å². The second kappa shape index (κ2) is 6.92. The van der Waals surface area contributed by atoms with Crippen LogP contribution in [0.5, 0.6) is 0 Å². The molecule has 27 heavy (non-hydrogen) atoms. The molecule has 3 aromatic rings. The summed E-state index contributed by atoms with van der Waals surface area (Å²) in [5, 5.41) is 16.4. The minimum Gasteiger partial charge on any atom is -0.363 e. The molecule has 1 saturated carbocycles. The van der Waals surface area contributed by atoms with E-state index in [9.17, 15) is 9.59 Å². The second-order valence-electron chi connectivity index (χ2n) is 6.53. The van der Waals surface area contributed by atoms with Crippen LogP contribution in [0.2, 0.25) is 0 Å². The standard InChI is InChI=1S/C18H18N6O2S/c19-15(25)16-21-23-24(22-16)13-7-5-12(6-8-13)20-17(26)18(9-1-2-10-18)14-4-3-11-27-14/h3-8,11H,1-2,9-10H2,(H2,19,25)(H,20,26). The average molecular weight is 382 g/mol. The van der Waals surface area contributed by atoms with Crippen molar-refractivity contribution in [3.05, 3.63) is 52.5 Å². The van der Waals surface area contributed by atoms with Crippen molar-refractivity contribution >= 4 is 28.8 Å². The molecule has 138 valence electrons. The Balaban J connectivity index is 1.52. The zero-order valence-corrected chi connectivity index (χ0v) is 15.3. The molecule has 2 heterocycles. The van der Waals surface area contributed by atoms with Crippen LogP contribution in [-0.4, -0.2) is 32.0 Å². The lowest BCUT2D eigenvalue weighted by Gasteiger charge is -2.26. The van der Waals surface area contributed by atoms with Gasteiger partial charge >= 0.3 is 0 Å². The van der Waals surface area contributed by atoms with E-state index in [0.717, 1.165) is 30.6 Å². The first kappa shape index (κ1) is 17.3. The van der Waals surface area contributed by atoms with E-state index in [0.29, 0.717) is 11.4 Å². The van der Waals surface area contributed by atoms with Gasteiger partial charge in [-0.2, -0.15) is 0 Å². The number of thiophene rings is 1. The number of aromatic nitrogens is 4. The summed E-state index contributed by atoms with van der Waals surface area (Å²) in [5.41, 5.74) is 6.01. The molecule has 3 N–H and O–H groups in total. The van der Waals surface area contributed by atoms with Crippen molar-refractivity contribution in [1.82, 2.24) is 20.2 Å². The Labute approximate surface area is 159 Å². The fraction of sp³-hybridized carbons (Fsp3) is 0.278. The molecule has 0 unspecified atom stereocenters. The zero-order valence-electron chi connectivity index (χ0n) is 14.5. The molecule has 1 aromatic carbocycles. The lowest BCUT2D eigenvalue weighted by molar-refractivity contribution is -0.121. The Hall–Kier alpha value is -3.07. The van der Waals surface area contributed by atoms with Crippen molar-refractivity contribution in [3.63, 3.8) is 0 Å². The SMILES string of the molecule is NC(=O)c1nnn(-c2ccc(NC(=O)C3(c4cccs4)CCCC3)cc2)n1. The highest BCUT2D eigenvalue weighted by molar-refractivity contribution is 7.10. The average Bonchev–Trinajstić information content (AvgIpc) is 3.43. The van der Waals surface area contributed by atoms with E-state index in [2.05, 4.69) is 20.7 Å². The molecule has 0 aliphatic heterocycles. The summed E-state index contributed by atoms with van der Waals surface area (Å²) in [5.74, 6) is -0.850. The quantitative estimate of drug-likeness (QED) is 0.702. The van der Waals surface area contributed by atoms with Gasteiger partial charge in [0.2, 0.25) is 5.91 Å². The fourth-order valence-electron chi connectivity index (χ4n) is 3.47. The number of nitrogens with two attached hydrogens (primary N) is 1. The minimum absolute atomic E-state index is 0.0325. The summed E-state index contributed by atoms with van der Waals surface area (Å²) in [6, 6.07) is 11.1. The van der Waals surface area contributed by atoms with E-state index in [1.54, 1.807) is 35.6 Å². The summed E-state index contributed by atoms with van der Waals surface area (Å²) in [7, 11) is 0. The van der Waals surface area contributed by atoms with Gasteiger partial charge in [0.25, 0.3) is 11.7 Å². The van der Waals surface area contributed by atoms with E-state index in [1.165, 1.54) is 4.80 Å². The largest absolute Gasteiger partial charge is 0.363 e. The number of amides is 2. The first-order valence-electron chi connectivity index (χ1n) is 8.64. The maximum atomic E-state index is 13.1. The molecular formula is C18H18N6O2S. The van der Waals surface area contributed by atoms with Gasteiger partial charge in [-0.1, -0.05) is 18.9 Å². The van der Waals surface area contributed by atoms with Gasteiger partial charge in [0, 0.05) is 10.6 Å². The van der Waals surface area contributed by atoms with Gasteiger partial charge in [-0.25, -0.2) is 0 Å². The smallest absolute Gasteiger partial charge is 0.290 e. The highest BCUT2D eigenvalue weighted by Gasteiger charge is 2.43. The number of nitrogens with zero attached hydrogens (tertiary/aromatic N) is 4. The third-order valence-electron chi connectivity index (χ3n) is 4.87. The van der Waals surface area contributed by atoms with E-state index in [1.807, 2.05) is 17.5 Å². The second-order valence-corrected chi connectivity index (χ2v) is 7.48. The van der Waals surface area contributed by atoms with Crippen LogP contribution in [0, 0.1) is 0 Å². The van der Waals surface area contributed by atoms with Crippen molar-refractivity contribution in [2.45, 2.75) is 31.1 Å². The molecule has 4 rings (SSSR count). The van der Waals surface area contributed by atoms with Crippen LogP contribution >= 0.6 is 11.3 Å². The molecule has 0 spiro atoms. The molecule has 8 nitrogen and oxygen atoms in total. The maximum absolute atomic E-state index is 13.1. The summed E-state index contributed by atoms with van der Waals surface area (Å²) in [4.78, 5) is 26.5.